The summed E-state index contributed by atoms with van der Waals surface area (Å²) in [5.41, 5.74) is 7.70. The second-order valence-corrected chi connectivity index (χ2v) is 8.44. The van der Waals surface area contributed by atoms with Crippen LogP contribution in [0.3, 0.4) is 0 Å². The predicted octanol–water partition coefficient (Wildman–Crippen LogP) is 2.17. The van der Waals surface area contributed by atoms with E-state index in [-0.39, 0.29) is 5.91 Å². The Bertz CT molecular complexity index is 869. The minimum atomic E-state index is -0.206. The second-order valence-electron chi connectivity index (χ2n) is 7.45. The number of carbonyl (C=O) groups is 1. The summed E-state index contributed by atoms with van der Waals surface area (Å²) in [5, 5.41) is 7.22. The molecule has 0 aliphatic carbocycles. The summed E-state index contributed by atoms with van der Waals surface area (Å²) >= 11 is 1.28. The van der Waals surface area contributed by atoms with Gasteiger partial charge in [-0.05, 0) is 30.7 Å². The van der Waals surface area contributed by atoms with Gasteiger partial charge in [-0.2, -0.15) is 0 Å². The van der Waals surface area contributed by atoms with E-state index in [1.807, 2.05) is 19.1 Å². The van der Waals surface area contributed by atoms with Gasteiger partial charge in [0.2, 0.25) is 0 Å². The van der Waals surface area contributed by atoms with Gasteiger partial charge in [-0.15, -0.1) is 0 Å². The lowest BCUT2D eigenvalue weighted by Gasteiger charge is -2.11. The highest BCUT2D eigenvalue weighted by atomic mass is 32.1. The van der Waals surface area contributed by atoms with Crippen molar-refractivity contribution in [3.8, 4) is 5.06 Å². The van der Waals surface area contributed by atoms with Gasteiger partial charge in [-0.25, -0.2) is 4.98 Å². The Balaban J connectivity index is 1.45. The highest BCUT2D eigenvalue weighted by molar-refractivity contribution is 7.17. The van der Waals surface area contributed by atoms with Gasteiger partial charge < -0.3 is 39.5 Å². The first-order chi connectivity index (χ1) is 17.6. The van der Waals surface area contributed by atoms with Crippen LogP contribution >= 0.6 is 11.3 Å². The molecule has 4 N–H and O–H groups in total. The highest BCUT2D eigenvalue weighted by Crippen LogP contribution is 2.25. The molecule has 0 fully saturated rings. The molecule has 12 heteroatoms. The van der Waals surface area contributed by atoms with Crippen LogP contribution in [0.4, 0.5) is 10.8 Å². The summed E-state index contributed by atoms with van der Waals surface area (Å²) in [6.45, 7) is 8.33. The number of nitrogens with zero attached hydrogens (tertiary/aromatic N) is 1. The van der Waals surface area contributed by atoms with E-state index in [0.29, 0.717) is 94.9 Å². The zero-order valence-corrected chi connectivity index (χ0v) is 21.9. The molecule has 1 aromatic carbocycles. The Labute approximate surface area is 216 Å². The lowest BCUT2D eigenvalue weighted by molar-refractivity contribution is -0.00985. The summed E-state index contributed by atoms with van der Waals surface area (Å²) in [6.07, 6.45) is 1.57. The first kappa shape index (κ1) is 29.9. The van der Waals surface area contributed by atoms with Crippen LogP contribution < -0.4 is 21.1 Å². The number of nitrogens with two attached hydrogens (primary N) is 1. The topological polar surface area (TPSA) is 135 Å². The molecular weight excluding hydrogens is 488 g/mol. The Morgan fingerprint density at radius 2 is 1.50 bits per heavy atom. The van der Waals surface area contributed by atoms with Gasteiger partial charge in [0.15, 0.2) is 10.2 Å². The monoisotopic (exact) mass is 526 g/mol. The third kappa shape index (κ3) is 12.6. The largest absolute Gasteiger partial charge is 0.486 e. The number of rotatable bonds is 21. The predicted molar refractivity (Wildman–Crippen MR) is 139 cm³/mol. The van der Waals surface area contributed by atoms with Crippen molar-refractivity contribution in [2.24, 2.45) is 5.73 Å². The van der Waals surface area contributed by atoms with E-state index in [2.05, 4.69) is 15.6 Å². The molecule has 0 atom stereocenters. The van der Waals surface area contributed by atoms with E-state index in [1.165, 1.54) is 11.3 Å². The maximum Gasteiger partial charge on any atom is 0.257 e. The fraction of sp³-hybridized carbons (Fsp3) is 0.583. The molecule has 1 heterocycles. The van der Waals surface area contributed by atoms with E-state index >= 15 is 0 Å². The number of amides is 1. The molecule has 0 unspecified atom stereocenters. The first-order valence-corrected chi connectivity index (χ1v) is 12.7. The third-order valence-electron chi connectivity index (χ3n) is 4.70. The molecule has 2 aromatic rings. The van der Waals surface area contributed by atoms with Crippen LogP contribution in [-0.4, -0.2) is 97.2 Å². The van der Waals surface area contributed by atoms with Crippen LogP contribution in [0.5, 0.6) is 5.06 Å². The van der Waals surface area contributed by atoms with E-state index in [9.17, 15) is 4.79 Å². The summed E-state index contributed by atoms with van der Waals surface area (Å²) in [6, 6.07) is 5.59. The van der Waals surface area contributed by atoms with Crippen LogP contribution in [0.15, 0.2) is 24.4 Å². The highest BCUT2D eigenvalue weighted by Gasteiger charge is 2.12. The molecule has 0 aliphatic heterocycles. The fourth-order valence-corrected chi connectivity index (χ4v) is 3.57. The van der Waals surface area contributed by atoms with Crippen LogP contribution in [0.2, 0.25) is 0 Å². The average Bonchev–Trinajstić information content (AvgIpc) is 3.33. The molecule has 2 rings (SSSR count). The Hall–Kier alpha value is -2.32. The Morgan fingerprint density at radius 1 is 0.917 bits per heavy atom. The molecule has 1 aromatic heterocycles. The number of aryl methyl sites for hydroxylation is 1. The van der Waals surface area contributed by atoms with Crippen molar-refractivity contribution in [1.29, 1.82) is 0 Å². The smallest absolute Gasteiger partial charge is 0.257 e. The summed E-state index contributed by atoms with van der Waals surface area (Å²) in [4.78, 5) is 16.6. The number of aromatic nitrogens is 1. The molecule has 0 aliphatic rings. The van der Waals surface area contributed by atoms with Gasteiger partial charge in [-0.1, -0.05) is 11.3 Å². The fourth-order valence-electron chi connectivity index (χ4n) is 2.94. The number of methoxy groups -OCH3 is 1. The van der Waals surface area contributed by atoms with Gasteiger partial charge in [0.25, 0.3) is 5.91 Å². The molecule has 0 spiro atoms. The Kier molecular flexibility index (Phi) is 15.7. The zero-order chi connectivity index (χ0) is 25.8. The third-order valence-corrected chi connectivity index (χ3v) is 5.58. The van der Waals surface area contributed by atoms with Crippen molar-refractivity contribution < 1.29 is 33.2 Å². The number of ether oxygens (including phenoxy) is 6. The number of anilines is 2. The standard InChI is InChI=1S/C24H38N4O7S/c1-19-17-20(3-4-21(19)23(29)28-24-27-18-22(30-2)36-24)26-6-8-32-10-12-34-14-16-35-15-13-33-11-9-31-7-5-25/h3-4,17-18,26H,5-16,25H2,1-2H3,(H,27,28,29). The normalized spacial score (nSPS) is 11.0. The lowest BCUT2D eigenvalue weighted by atomic mass is 10.1. The summed E-state index contributed by atoms with van der Waals surface area (Å²) in [5.74, 6) is -0.206. The Morgan fingerprint density at radius 3 is 2.03 bits per heavy atom. The second kappa shape index (κ2) is 18.9. The number of carbonyl (C=O) groups excluding carboxylic acids is 1. The van der Waals surface area contributed by atoms with Gasteiger partial charge >= 0.3 is 0 Å². The minimum Gasteiger partial charge on any atom is -0.486 e. The SMILES string of the molecule is COc1cnc(NC(=O)c2ccc(NCCOCCOCCOCCOCCOCCN)cc2C)s1. The van der Waals surface area contributed by atoms with Crippen LogP contribution in [0, 0.1) is 6.92 Å². The van der Waals surface area contributed by atoms with E-state index in [1.54, 1.807) is 19.4 Å². The number of benzene rings is 1. The number of hydrogen-bond donors (Lipinski definition) is 3. The molecule has 36 heavy (non-hydrogen) atoms. The van der Waals surface area contributed by atoms with E-state index < -0.39 is 0 Å². The quantitative estimate of drug-likeness (QED) is 0.208. The lowest BCUT2D eigenvalue weighted by Crippen LogP contribution is -2.16. The molecule has 0 saturated carbocycles. The summed E-state index contributed by atoms with van der Waals surface area (Å²) in [7, 11) is 1.56. The van der Waals surface area contributed by atoms with Crippen molar-refractivity contribution in [3.63, 3.8) is 0 Å². The van der Waals surface area contributed by atoms with Gasteiger partial charge in [0, 0.05) is 24.3 Å². The van der Waals surface area contributed by atoms with Crippen LogP contribution in [0.1, 0.15) is 15.9 Å². The molecule has 1 amide bonds. The van der Waals surface area contributed by atoms with Crippen LogP contribution in [0.25, 0.3) is 0 Å². The maximum absolute atomic E-state index is 12.5. The molecule has 11 nitrogen and oxygen atoms in total. The van der Waals surface area contributed by atoms with Gasteiger partial charge in [-0.3, -0.25) is 10.1 Å². The minimum absolute atomic E-state index is 0.206. The first-order valence-electron chi connectivity index (χ1n) is 11.9. The molecule has 202 valence electrons. The van der Waals surface area contributed by atoms with Crippen molar-refractivity contribution in [2.75, 3.05) is 96.9 Å². The van der Waals surface area contributed by atoms with Crippen molar-refractivity contribution in [2.45, 2.75) is 6.92 Å². The summed E-state index contributed by atoms with van der Waals surface area (Å²) < 4.78 is 32.2. The maximum atomic E-state index is 12.5. The van der Waals surface area contributed by atoms with Crippen molar-refractivity contribution in [1.82, 2.24) is 4.98 Å². The van der Waals surface area contributed by atoms with Crippen LogP contribution in [-0.2, 0) is 23.7 Å². The molecule has 0 radical (unpaired) electrons. The molecule has 0 saturated heterocycles. The van der Waals surface area contributed by atoms with Gasteiger partial charge in [0.1, 0.15) is 0 Å². The number of hydrogen-bond acceptors (Lipinski definition) is 11. The van der Waals surface area contributed by atoms with Crippen molar-refractivity contribution >= 4 is 28.1 Å². The van der Waals surface area contributed by atoms with Gasteiger partial charge in [0.05, 0.1) is 79.4 Å². The molecule has 0 bridgehead atoms. The number of nitrogens with one attached hydrogen (secondary N) is 2. The molecular formula is C24H38N4O7S. The van der Waals surface area contributed by atoms with E-state index in [0.717, 1.165) is 11.3 Å². The average molecular weight is 527 g/mol. The zero-order valence-electron chi connectivity index (χ0n) is 21.1. The van der Waals surface area contributed by atoms with Crippen molar-refractivity contribution in [3.05, 3.63) is 35.5 Å². The van der Waals surface area contributed by atoms with E-state index in [4.69, 9.17) is 34.2 Å². The number of thiazole rings is 1.